The Hall–Kier alpha value is -1.49. The van der Waals surface area contributed by atoms with Crippen molar-refractivity contribution in [2.45, 2.75) is 6.42 Å². The van der Waals surface area contributed by atoms with Gasteiger partial charge in [0.1, 0.15) is 5.75 Å². The number of phenolic OH excluding ortho intramolecular Hbond substituents is 1. The summed E-state index contributed by atoms with van der Waals surface area (Å²) in [6.45, 7) is 0. The van der Waals surface area contributed by atoms with E-state index in [4.69, 9.17) is 5.11 Å². The van der Waals surface area contributed by atoms with Crippen LogP contribution < -0.4 is 0 Å². The molecule has 0 unspecified atom stereocenters. The number of nitrogens with one attached hydrogen (secondary N) is 1. The van der Waals surface area contributed by atoms with E-state index in [9.17, 15) is 9.90 Å². The van der Waals surface area contributed by atoms with E-state index >= 15 is 0 Å². The Morgan fingerprint density at radius 1 is 1.47 bits per heavy atom. The van der Waals surface area contributed by atoms with Crippen LogP contribution in [0.5, 0.6) is 5.75 Å². The lowest BCUT2D eigenvalue weighted by Gasteiger charge is -1.99. The van der Waals surface area contributed by atoms with Crippen LogP contribution in [0.4, 0.5) is 0 Å². The lowest BCUT2D eigenvalue weighted by molar-refractivity contribution is -0.136. The molecule has 1 aromatic carbocycles. The maximum atomic E-state index is 10.6. The van der Waals surface area contributed by atoms with Gasteiger partial charge >= 0.3 is 5.97 Å². The number of halogens is 1. The number of hydrogen-bond donors (Lipinski definition) is 3. The molecular formula is C10H8BrNO3. The molecule has 15 heavy (non-hydrogen) atoms. The molecule has 0 aliphatic rings. The highest BCUT2D eigenvalue weighted by Gasteiger charge is 2.11. The van der Waals surface area contributed by atoms with Crippen LogP contribution in [0.15, 0.2) is 22.8 Å². The predicted octanol–water partition coefficient (Wildman–Crippen LogP) is 2.26. The van der Waals surface area contributed by atoms with Gasteiger partial charge in [-0.05, 0) is 27.6 Å². The van der Waals surface area contributed by atoms with Crippen LogP contribution >= 0.6 is 15.9 Å². The molecule has 2 rings (SSSR count). The summed E-state index contributed by atoms with van der Waals surface area (Å²) in [7, 11) is 0. The molecule has 0 saturated carbocycles. The fourth-order valence-corrected chi connectivity index (χ4v) is 2.27. The molecule has 5 heteroatoms. The maximum Gasteiger partial charge on any atom is 0.307 e. The van der Waals surface area contributed by atoms with Crippen LogP contribution in [-0.4, -0.2) is 21.2 Å². The van der Waals surface area contributed by atoms with Crippen molar-refractivity contribution in [2.75, 3.05) is 0 Å². The minimum atomic E-state index is -0.879. The van der Waals surface area contributed by atoms with Gasteiger partial charge < -0.3 is 15.2 Å². The zero-order valence-corrected chi connectivity index (χ0v) is 9.21. The fraction of sp³-hybridized carbons (Fsp3) is 0.100. The van der Waals surface area contributed by atoms with Gasteiger partial charge in [0.2, 0.25) is 0 Å². The Morgan fingerprint density at radius 3 is 2.87 bits per heavy atom. The Bertz CT molecular complexity index is 533. The van der Waals surface area contributed by atoms with Crippen molar-refractivity contribution >= 4 is 32.8 Å². The second-order valence-electron chi connectivity index (χ2n) is 3.23. The minimum Gasteiger partial charge on any atom is -0.508 e. The SMILES string of the molecule is O=C(O)Cc1c[nH]c2cc(O)cc(Br)c12. The Kier molecular flexibility index (Phi) is 2.40. The quantitative estimate of drug-likeness (QED) is 0.783. The number of rotatable bonds is 2. The second kappa shape index (κ2) is 3.58. The summed E-state index contributed by atoms with van der Waals surface area (Å²) in [6.07, 6.45) is 1.60. The molecule has 0 saturated heterocycles. The summed E-state index contributed by atoms with van der Waals surface area (Å²) in [6, 6.07) is 3.10. The van der Waals surface area contributed by atoms with Gasteiger partial charge in [-0.3, -0.25) is 4.79 Å². The Morgan fingerprint density at radius 2 is 2.20 bits per heavy atom. The summed E-state index contributed by atoms with van der Waals surface area (Å²) in [4.78, 5) is 13.5. The summed E-state index contributed by atoms with van der Waals surface area (Å²) in [5.74, 6) is -0.742. The summed E-state index contributed by atoms with van der Waals surface area (Å²) >= 11 is 3.29. The summed E-state index contributed by atoms with van der Waals surface area (Å²) in [5, 5.41) is 18.8. The van der Waals surface area contributed by atoms with Gasteiger partial charge in [-0.25, -0.2) is 0 Å². The van der Waals surface area contributed by atoms with E-state index in [0.29, 0.717) is 10.0 Å². The largest absolute Gasteiger partial charge is 0.508 e. The summed E-state index contributed by atoms with van der Waals surface area (Å²) in [5.41, 5.74) is 1.42. The average molecular weight is 270 g/mol. The van der Waals surface area contributed by atoms with Crippen molar-refractivity contribution in [2.24, 2.45) is 0 Å². The topological polar surface area (TPSA) is 73.3 Å². The number of H-pyrrole nitrogens is 1. The Labute approximate surface area is 93.7 Å². The molecule has 0 amide bonds. The first-order chi connectivity index (χ1) is 7.08. The van der Waals surface area contributed by atoms with Gasteiger partial charge in [0.05, 0.1) is 11.9 Å². The molecule has 78 valence electrons. The van der Waals surface area contributed by atoms with Crippen molar-refractivity contribution < 1.29 is 15.0 Å². The van der Waals surface area contributed by atoms with Crippen molar-refractivity contribution in [3.63, 3.8) is 0 Å². The number of aliphatic carboxylic acids is 1. The van der Waals surface area contributed by atoms with Crippen molar-refractivity contribution in [1.29, 1.82) is 0 Å². The molecule has 0 radical (unpaired) electrons. The number of benzene rings is 1. The highest BCUT2D eigenvalue weighted by Crippen LogP contribution is 2.31. The molecule has 0 bridgehead atoms. The molecule has 4 nitrogen and oxygen atoms in total. The number of carbonyl (C=O) groups is 1. The molecule has 0 aliphatic carbocycles. The van der Waals surface area contributed by atoms with Gasteiger partial charge in [0.25, 0.3) is 0 Å². The van der Waals surface area contributed by atoms with Crippen LogP contribution in [-0.2, 0) is 11.2 Å². The smallest absolute Gasteiger partial charge is 0.307 e. The highest BCUT2D eigenvalue weighted by molar-refractivity contribution is 9.10. The number of carboxylic acid groups (broad SMARTS) is 1. The number of aromatic nitrogens is 1. The third-order valence-corrected chi connectivity index (χ3v) is 2.77. The average Bonchev–Trinajstić information content (AvgIpc) is 2.46. The zero-order valence-electron chi connectivity index (χ0n) is 7.62. The molecule has 3 N–H and O–H groups in total. The molecule has 1 aromatic heterocycles. The normalized spacial score (nSPS) is 10.7. The van der Waals surface area contributed by atoms with Crippen LogP contribution in [0, 0.1) is 0 Å². The van der Waals surface area contributed by atoms with E-state index in [1.807, 2.05) is 0 Å². The van der Waals surface area contributed by atoms with Gasteiger partial charge in [0, 0.05) is 22.1 Å². The maximum absolute atomic E-state index is 10.6. The highest BCUT2D eigenvalue weighted by atomic mass is 79.9. The van der Waals surface area contributed by atoms with Crippen LogP contribution in [0.3, 0.4) is 0 Å². The number of aromatic amines is 1. The van der Waals surface area contributed by atoms with E-state index in [0.717, 1.165) is 10.9 Å². The monoisotopic (exact) mass is 269 g/mol. The summed E-state index contributed by atoms with van der Waals surface area (Å²) < 4.78 is 0.690. The van der Waals surface area contributed by atoms with Crippen molar-refractivity contribution in [3.8, 4) is 5.75 Å². The third kappa shape index (κ3) is 1.83. The first kappa shape index (κ1) is 10.0. The molecule has 2 aromatic rings. The van der Waals surface area contributed by atoms with Crippen LogP contribution in [0.25, 0.3) is 10.9 Å². The molecular weight excluding hydrogens is 262 g/mol. The number of phenols is 1. The molecule has 0 fully saturated rings. The lowest BCUT2D eigenvalue weighted by Crippen LogP contribution is -1.98. The molecule has 1 heterocycles. The van der Waals surface area contributed by atoms with Gasteiger partial charge in [-0.2, -0.15) is 0 Å². The minimum absolute atomic E-state index is 0.0383. The van der Waals surface area contributed by atoms with Crippen molar-refractivity contribution in [3.05, 3.63) is 28.4 Å². The zero-order chi connectivity index (χ0) is 11.0. The molecule has 0 aliphatic heterocycles. The standard InChI is InChI=1S/C10H8BrNO3/c11-7-2-6(13)3-8-10(7)5(4-12-8)1-9(14)15/h2-4,12-13H,1H2,(H,14,15). The predicted molar refractivity (Wildman–Crippen MR) is 59.0 cm³/mol. The lowest BCUT2D eigenvalue weighted by atomic mass is 10.1. The van der Waals surface area contributed by atoms with E-state index in [2.05, 4.69) is 20.9 Å². The third-order valence-electron chi connectivity index (χ3n) is 2.14. The Balaban J connectivity index is 2.63. The number of carboxylic acids is 1. The first-order valence-corrected chi connectivity index (χ1v) is 5.07. The number of aromatic hydroxyl groups is 1. The fourth-order valence-electron chi connectivity index (χ4n) is 1.57. The van der Waals surface area contributed by atoms with Crippen LogP contribution in [0.2, 0.25) is 0 Å². The van der Waals surface area contributed by atoms with Gasteiger partial charge in [0.15, 0.2) is 0 Å². The van der Waals surface area contributed by atoms with E-state index < -0.39 is 5.97 Å². The molecule has 0 spiro atoms. The van der Waals surface area contributed by atoms with Gasteiger partial charge in [-0.1, -0.05) is 0 Å². The van der Waals surface area contributed by atoms with Crippen molar-refractivity contribution in [1.82, 2.24) is 4.98 Å². The van der Waals surface area contributed by atoms with Crippen LogP contribution in [0.1, 0.15) is 5.56 Å². The van der Waals surface area contributed by atoms with E-state index in [1.165, 1.54) is 0 Å². The number of fused-ring (bicyclic) bond motifs is 1. The first-order valence-electron chi connectivity index (χ1n) is 4.28. The van der Waals surface area contributed by atoms with E-state index in [1.54, 1.807) is 18.3 Å². The van der Waals surface area contributed by atoms with Gasteiger partial charge in [-0.15, -0.1) is 0 Å². The molecule has 0 atom stereocenters. The van der Waals surface area contributed by atoms with E-state index in [-0.39, 0.29) is 12.2 Å². The second-order valence-corrected chi connectivity index (χ2v) is 4.09. The number of hydrogen-bond acceptors (Lipinski definition) is 2.